The van der Waals surface area contributed by atoms with Crippen LogP contribution in [-0.2, 0) is 22.4 Å². The maximum Gasteiger partial charge on any atom is 0.193 e. The molecule has 3 heterocycles. The fourth-order valence-corrected chi connectivity index (χ4v) is 4.53. The number of benzene rings is 1. The number of guanidine groups is 1. The molecule has 33 heavy (non-hydrogen) atoms. The van der Waals surface area contributed by atoms with Crippen LogP contribution >= 0.6 is 24.0 Å². The van der Waals surface area contributed by atoms with Crippen molar-refractivity contribution in [1.82, 2.24) is 19.8 Å². The van der Waals surface area contributed by atoms with Crippen LogP contribution in [0.1, 0.15) is 43.5 Å². The predicted molar refractivity (Wildman–Crippen MR) is 142 cm³/mol. The molecule has 2 aromatic rings. The van der Waals surface area contributed by atoms with Gasteiger partial charge in [0, 0.05) is 58.6 Å². The summed E-state index contributed by atoms with van der Waals surface area (Å²) in [6.07, 6.45) is 11.1. The number of nitrogens with zero attached hydrogens (tertiary/aromatic N) is 4. The maximum atomic E-state index is 6.15. The summed E-state index contributed by atoms with van der Waals surface area (Å²) in [6, 6.07) is 10.5. The van der Waals surface area contributed by atoms with E-state index in [2.05, 4.69) is 55.2 Å². The van der Waals surface area contributed by atoms with Crippen molar-refractivity contribution in [3.63, 3.8) is 0 Å². The molecule has 4 rings (SSSR count). The average molecular weight is 568 g/mol. The molecule has 2 saturated heterocycles. The summed E-state index contributed by atoms with van der Waals surface area (Å²) in [5.74, 6) is 2.06. The van der Waals surface area contributed by atoms with Crippen molar-refractivity contribution >= 4 is 29.9 Å². The third kappa shape index (κ3) is 7.96. The van der Waals surface area contributed by atoms with Gasteiger partial charge in [-0.25, -0.2) is 4.98 Å². The van der Waals surface area contributed by atoms with Crippen molar-refractivity contribution in [3.05, 3.63) is 54.1 Å². The van der Waals surface area contributed by atoms with E-state index >= 15 is 0 Å². The Bertz CT molecular complexity index is 830. The van der Waals surface area contributed by atoms with Gasteiger partial charge in [-0.1, -0.05) is 30.3 Å². The predicted octanol–water partition coefficient (Wildman–Crippen LogP) is 3.72. The van der Waals surface area contributed by atoms with Crippen molar-refractivity contribution in [2.75, 3.05) is 39.9 Å². The molecule has 0 spiro atoms. The number of ether oxygens (including phenoxy) is 2. The number of rotatable bonds is 8. The van der Waals surface area contributed by atoms with Crippen molar-refractivity contribution in [2.24, 2.45) is 4.99 Å². The average Bonchev–Trinajstić information content (AvgIpc) is 3.29. The first-order valence-electron chi connectivity index (χ1n) is 12.0. The molecule has 2 aliphatic heterocycles. The largest absolute Gasteiger partial charge is 0.376 e. The van der Waals surface area contributed by atoms with Gasteiger partial charge < -0.3 is 24.3 Å². The number of hydrogen-bond donors (Lipinski definition) is 1. The Hall–Kier alpha value is -1.65. The molecule has 0 saturated carbocycles. The lowest BCUT2D eigenvalue weighted by atomic mass is 10.1. The van der Waals surface area contributed by atoms with E-state index < -0.39 is 0 Å². The van der Waals surface area contributed by atoms with Gasteiger partial charge in [-0.15, -0.1) is 24.0 Å². The van der Waals surface area contributed by atoms with E-state index in [0.717, 1.165) is 76.9 Å². The molecule has 0 amide bonds. The Kier molecular flexibility index (Phi) is 10.9. The van der Waals surface area contributed by atoms with Crippen molar-refractivity contribution in [2.45, 2.75) is 57.3 Å². The van der Waals surface area contributed by atoms with Gasteiger partial charge in [0.25, 0.3) is 0 Å². The van der Waals surface area contributed by atoms with Crippen LogP contribution in [0.3, 0.4) is 0 Å². The molecule has 1 atom stereocenters. The molecule has 0 bridgehead atoms. The molecule has 2 aliphatic rings. The van der Waals surface area contributed by atoms with Crippen LogP contribution in [0.15, 0.2) is 47.7 Å². The summed E-state index contributed by atoms with van der Waals surface area (Å²) >= 11 is 0. The van der Waals surface area contributed by atoms with Crippen molar-refractivity contribution < 1.29 is 9.47 Å². The highest BCUT2D eigenvalue weighted by molar-refractivity contribution is 14.0. The minimum atomic E-state index is 0. The number of hydrogen-bond acceptors (Lipinski definition) is 4. The first kappa shape index (κ1) is 26.0. The Balaban J connectivity index is 0.00000306. The fraction of sp³-hybridized carbons (Fsp3) is 0.600. The van der Waals surface area contributed by atoms with Gasteiger partial charge in [-0.2, -0.15) is 0 Å². The van der Waals surface area contributed by atoms with E-state index in [9.17, 15) is 0 Å². The van der Waals surface area contributed by atoms with Crippen LogP contribution in [0, 0.1) is 0 Å². The number of aliphatic imine (C=N–C) groups is 1. The molecule has 2 fully saturated rings. The highest BCUT2D eigenvalue weighted by atomic mass is 127. The Morgan fingerprint density at radius 3 is 2.73 bits per heavy atom. The van der Waals surface area contributed by atoms with Crippen LogP contribution in [0.2, 0.25) is 0 Å². The molecule has 7 nitrogen and oxygen atoms in total. The number of likely N-dealkylation sites (tertiary alicyclic amines) is 1. The van der Waals surface area contributed by atoms with Crippen molar-refractivity contribution in [3.8, 4) is 0 Å². The van der Waals surface area contributed by atoms with Gasteiger partial charge in [0.05, 0.1) is 18.8 Å². The molecule has 1 aromatic carbocycles. The molecular weight excluding hydrogens is 529 g/mol. The first-order chi connectivity index (χ1) is 15.8. The van der Waals surface area contributed by atoms with Gasteiger partial charge in [0.1, 0.15) is 5.82 Å². The van der Waals surface area contributed by atoms with E-state index in [-0.39, 0.29) is 24.0 Å². The smallest absolute Gasteiger partial charge is 0.193 e. The molecule has 0 radical (unpaired) electrons. The monoisotopic (exact) mass is 567 g/mol. The van der Waals surface area contributed by atoms with E-state index in [4.69, 9.17) is 9.47 Å². The standard InChI is InChI=1S/C25H37N5O2.HI/c1-26-25(29-15-11-22(12-16-29)32-20-23-9-5-6-18-31-23)28-13-10-24-27-14-17-30(24)19-21-7-3-2-4-8-21;/h2-4,7-8,14,17,22-23H,5-6,9-13,15-16,18-20H2,1H3,(H,26,28);1H. The van der Waals surface area contributed by atoms with E-state index in [0.29, 0.717) is 12.2 Å². The highest BCUT2D eigenvalue weighted by Gasteiger charge is 2.23. The summed E-state index contributed by atoms with van der Waals surface area (Å²) in [4.78, 5) is 11.4. The minimum Gasteiger partial charge on any atom is -0.376 e. The molecule has 1 unspecified atom stereocenters. The molecule has 0 aliphatic carbocycles. The lowest BCUT2D eigenvalue weighted by molar-refractivity contribution is -0.0721. The first-order valence-corrected chi connectivity index (χ1v) is 12.0. The van der Waals surface area contributed by atoms with Gasteiger partial charge >= 0.3 is 0 Å². The highest BCUT2D eigenvalue weighted by Crippen LogP contribution is 2.18. The topological polar surface area (TPSA) is 63.9 Å². The fourth-order valence-electron chi connectivity index (χ4n) is 4.53. The molecular formula is C25H38IN5O2. The maximum absolute atomic E-state index is 6.15. The van der Waals surface area contributed by atoms with Gasteiger partial charge in [0.15, 0.2) is 5.96 Å². The number of nitrogens with one attached hydrogen (secondary N) is 1. The van der Waals surface area contributed by atoms with Crippen molar-refractivity contribution in [1.29, 1.82) is 0 Å². The summed E-state index contributed by atoms with van der Waals surface area (Å²) in [5.41, 5.74) is 1.29. The Labute approximate surface area is 215 Å². The molecule has 8 heteroatoms. The van der Waals surface area contributed by atoms with Gasteiger partial charge in [-0.3, -0.25) is 4.99 Å². The lowest BCUT2D eigenvalue weighted by Gasteiger charge is -2.35. The second-order valence-corrected chi connectivity index (χ2v) is 8.69. The van der Waals surface area contributed by atoms with Crippen LogP contribution in [-0.4, -0.2) is 72.5 Å². The number of halogens is 1. The zero-order valence-electron chi connectivity index (χ0n) is 19.7. The van der Waals surface area contributed by atoms with Crippen LogP contribution < -0.4 is 5.32 Å². The normalized spacial score (nSPS) is 19.8. The summed E-state index contributed by atoms with van der Waals surface area (Å²) in [5, 5.41) is 3.53. The second-order valence-electron chi connectivity index (χ2n) is 8.69. The third-order valence-electron chi connectivity index (χ3n) is 6.37. The zero-order chi connectivity index (χ0) is 22.0. The number of piperidine rings is 1. The Morgan fingerprint density at radius 2 is 2.00 bits per heavy atom. The minimum absolute atomic E-state index is 0. The Morgan fingerprint density at radius 1 is 1.18 bits per heavy atom. The van der Waals surface area contributed by atoms with Gasteiger partial charge in [-0.05, 0) is 37.7 Å². The van der Waals surface area contributed by atoms with Crippen LogP contribution in [0.25, 0.3) is 0 Å². The summed E-state index contributed by atoms with van der Waals surface area (Å²) in [6.45, 7) is 5.24. The second kappa shape index (κ2) is 13.9. The third-order valence-corrected chi connectivity index (χ3v) is 6.37. The van der Waals surface area contributed by atoms with Crippen LogP contribution in [0.5, 0.6) is 0 Å². The number of aromatic nitrogens is 2. The van der Waals surface area contributed by atoms with E-state index in [1.165, 1.54) is 18.4 Å². The molecule has 1 N–H and O–H groups in total. The van der Waals surface area contributed by atoms with E-state index in [1.54, 1.807) is 0 Å². The molecule has 182 valence electrons. The summed E-state index contributed by atoms with van der Waals surface area (Å²) < 4.78 is 14.2. The summed E-state index contributed by atoms with van der Waals surface area (Å²) in [7, 11) is 1.86. The zero-order valence-corrected chi connectivity index (χ0v) is 22.0. The van der Waals surface area contributed by atoms with E-state index in [1.807, 2.05) is 19.3 Å². The molecule has 1 aromatic heterocycles. The lowest BCUT2D eigenvalue weighted by Crippen LogP contribution is -2.47. The van der Waals surface area contributed by atoms with Gasteiger partial charge in [0.2, 0.25) is 0 Å². The SMILES string of the molecule is CN=C(NCCc1nccn1Cc1ccccc1)N1CCC(OCC2CCCCO2)CC1.I. The number of imidazole rings is 1. The van der Waals surface area contributed by atoms with Crippen LogP contribution in [0.4, 0.5) is 0 Å². The quantitative estimate of drug-likeness (QED) is 0.300.